The largest absolute Gasteiger partial charge is 0.378 e. The highest BCUT2D eigenvalue weighted by Crippen LogP contribution is 2.33. The number of rotatable bonds is 11. The Balaban J connectivity index is 1.67. The second-order valence-corrected chi connectivity index (χ2v) is 7.30. The van der Waals surface area contributed by atoms with E-state index in [1.807, 2.05) is 31.3 Å². The molecule has 0 fully saturated rings. The molecule has 1 N–H and O–H groups in total. The smallest absolute Gasteiger partial charge is 0.296 e. The van der Waals surface area contributed by atoms with Crippen LogP contribution >= 0.6 is 15.9 Å². The van der Waals surface area contributed by atoms with E-state index >= 15 is 0 Å². The van der Waals surface area contributed by atoms with Gasteiger partial charge >= 0.3 is 0 Å². The zero-order chi connectivity index (χ0) is 19.6. The van der Waals surface area contributed by atoms with Crippen LogP contribution in [0.1, 0.15) is 17.5 Å². The van der Waals surface area contributed by atoms with Gasteiger partial charge in [0.1, 0.15) is 5.69 Å². The van der Waals surface area contributed by atoms with E-state index in [-0.39, 0.29) is 10.6 Å². The molecule has 0 aliphatic carbocycles. The van der Waals surface area contributed by atoms with Crippen molar-refractivity contribution in [1.82, 2.24) is 4.90 Å². The Morgan fingerprint density at radius 1 is 1.19 bits per heavy atom. The van der Waals surface area contributed by atoms with Crippen molar-refractivity contribution < 1.29 is 9.66 Å². The van der Waals surface area contributed by atoms with E-state index in [2.05, 4.69) is 38.3 Å². The maximum atomic E-state index is 11.3. The van der Waals surface area contributed by atoms with E-state index in [4.69, 9.17) is 4.74 Å². The van der Waals surface area contributed by atoms with E-state index in [0.717, 1.165) is 24.0 Å². The van der Waals surface area contributed by atoms with Crippen LogP contribution < -0.4 is 5.32 Å². The summed E-state index contributed by atoms with van der Waals surface area (Å²) in [6.45, 7) is 5.45. The lowest BCUT2D eigenvalue weighted by molar-refractivity contribution is -0.384. The first-order valence-corrected chi connectivity index (χ1v) is 9.76. The molecule has 27 heavy (non-hydrogen) atoms. The number of halogens is 1. The van der Waals surface area contributed by atoms with Gasteiger partial charge in [-0.2, -0.15) is 0 Å². The lowest BCUT2D eigenvalue weighted by Crippen LogP contribution is -2.27. The molecule has 0 spiro atoms. The fourth-order valence-electron chi connectivity index (χ4n) is 2.75. The number of benzene rings is 2. The molecule has 0 saturated heterocycles. The minimum atomic E-state index is -0.337. The van der Waals surface area contributed by atoms with E-state index in [9.17, 15) is 10.1 Å². The zero-order valence-electron chi connectivity index (χ0n) is 15.8. The molecule has 7 heteroatoms. The van der Waals surface area contributed by atoms with Gasteiger partial charge in [0.2, 0.25) is 0 Å². The average molecular weight is 436 g/mol. The number of likely N-dealkylation sites (N-methyl/N-ethyl adjacent to an activating group) is 1. The Hall–Kier alpha value is -1.96. The van der Waals surface area contributed by atoms with E-state index in [1.54, 1.807) is 13.0 Å². The van der Waals surface area contributed by atoms with Crippen LogP contribution in [0.25, 0.3) is 0 Å². The highest BCUT2D eigenvalue weighted by Gasteiger charge is 2.19. The molecule has 0 bridgehead atoms. The van der Waals surface area contributed by atoms with Crippen molar-refractivity contribution in [2.45, 2.75) is 20.0 Å². The van der Waals surface area contributed by atoms with Gasteiger partial charge in [0.15, 0.2) is 0 Å². The topological polar surface area (TPSA) is 67.6 Å². The van der Waals surface area contributed by atoms with Gasteiger partial charge in [0.05, 0.1) is 11.5 Å². The summed E-state index contributed by atoms with van der Waals surface area (Å²) < 4.78 is 6.43. The Kier molecular flexibility index (Phi) is 8.71. The number of hydrogen-bond acceptors (Lipinski definition) is 5. The molecule has 146 valence electrons. The minimum Gasteiger partial charge on any atom is -0.378 e. The third-order valence-corrected chi connectivity index (χ3v) is 5.16. The molecule has 2 aromatic rings. The van der Waals surface area contributed by atoms with Crippen LogP contribution in [0.15, 0.2) is 46.9 Å². The third-order valence-electron chi connectivity index (χ3n) is 4.30. The number of anilines is 1. The lowest BCUT2D eigenvalue weighted by Gasteiger charge is -2.17. The molecule has 0 saturated carbocycles. The number of nitro benzene ring substituents is 1. The highest BCUT2D eigenvalue weighted by atomic mass is 79.9. The molecule has 0 aliphatic heterocycles. The SMILES string of the molecule is Cc1c(Br)ccc(NCCN(C)CCCOCc2ccccc2)c1[N+](=O)[O-]. The summed E-state index contributed by atoms with van der Waals surface area (Å²) >= 11 is 3.34. The monoisotopic (exact) mass is 435 g/mol. The fraction of sp³-hybridized carbons (Fsp3) is 0.400. The molecular formula is C20H26BrN3O3. The van der Waals surface area contributed by atoms with Crippen LogP contribution in [0.2, 0.25) is 0 Å². The van der Waals surface area contributed by atoms with Gasteiger partial charge in [-0.25, -0.2) is 0 Å². The summed E-state index contributed by atoms with van der Waals surface area (Å²) in [5.74, 6) is 0. The van der Waals surface area contributed by atoms with Crippen molar-refractivity contribution in [3.63, 3.8) is 0 Å². The van der Waals surface area contributed by atoms with Crippen LogP contribution in [0.3, 0.4) is 0 Å². The van der Waals surface area contributed by atoms with Crippen molar-refractivity contribution in [1.29, 1.82) is 0 Å². The quantitative estimate of drug-likeness (QED) is 0.316. The fourth-order valence-corrected chi connectivity index (χ4v) is 3.07. The number of hydrogen-bond donors (Lipinski definition) is 1. The van der Waals surface area contributed by atoms with Gasteiger partial charge in [-0.3, -0.25) is 10.1 Å². The van der Waals surface area contributed by atoms with Crippen LogP contribution in [0.5, 0.6) is 0 Å². The molecule has 0 unspecified atom stereocenters. The van der Waals surface area contributed by atoms with Gasteiger partial charge in [0.25, 0.3) is 5.69 Å². The lowest BCUT2D eigenvalue weighted by atomic mass is 10.1. The van der Waals surface area contributed by atoms with Gasteiger partial charge in [-0.05, 0) is 38.1 Å². The Labute approximate surface area is 168 Å². The summed E-state index contributed by atoms with van der Waals surface area (Å²) in [6, 6.07) is 13.7. The minimum absolute atomic E-state index is 0.126. The maximum Gasteiger partial charge on any atom is 0.296 e. The third kappa shape index (κ3) is 6.93. The number of nitrogens with zero attached hydrogens (tertiary/aromatic N) is 2. The van der Waals surface area contributed by atoms with Crippen molar-refractivity contribution in [3.05, 3.63) is 68.2 Å². The predicted octanol–water partition coefficient (Wildman–Crippen LogP) is 4.62. The number of nitro groups is 1. The molecular weight excluding hydrogens is 410 g/mol. The second-order valence-electron chi connectivity index (χ2n) is 6.45. The van der Waals surface area contributed by atoms with Crippen LogP contribution in [-0.4, -0.2) is 43.1 Å². The molecule has 0 amide bonds. The Morgan fingerprint density at radius 3 is 2.63 bits per heavy atom. The van der Waals surface area contributed by atoms with Gasteiger partial charge in [-0.15, -0.1) is 0 Å². The van der Waals surface area contributed by atoms with Gasteiger partial charge < -0.3 is 15.0 Å². The molecule has 0 heterocycles. The first-order chi connectivity index (χ1) is 13.0. The number of nitrogens with one attached hydrogen (secondary N) is 1. The van der Waals surface area contributed by atoms with Crippen LogP contribution in [0.4, 0.5) is 11.4 Å². The molecule has 0 aliphatic rings. The molecule has 2 rings (SSSR count). The second kappa shape index (κ2) is 11.0. The summed E-state index contributed by atoms with van der Waals surface area (Å²) in [7, 11) is 2.04. The predicted molar refractivity (Wildman–Crippen MR) is 112 cm³/mol. The molecule has 0 radical (unpaired) electrons. The van der Waals surface area contributed by atoms with Crippen molar-refractivity contribution in [2.75, 3.05) is 38.6 Å². The van der Waals surface area contributed by atoms with Crippen molar-refractivity contribution >= 4 is 27.3 Å². The van der Waals surface area contributed by atoms with Crippen molar-refractivity contribution in [3.8, 4) is 0 Å². The molecule has 6 nitrogen and oxygen atoms in total. The van der Waals surface area contributed by atoms with Crippen LogP contribution in [0, 0.1) is 17.0 Å². The Morgan fingerprint density at radius 2 is 1.93 bits per heavy atom. The normalized spacial score (nSPS) is 11.0. The highest BCUT2D eigenvalue weighted by molar-refractivity contribution is 9.10. The van der Waals surface area contributed by atoms with Crippen molar-refractivity contribution in [2.24, 2.45) is 0 Å². The first-order valence-electron chi connectivity index (χ1n) is 8.96. The standard InChI is InChI=1S/C20H26BrN3O3/c1-16-18(21)9-10-19(20(16)24(25)26)22-11-13-23(2)12-6-14-27-15-17-7-4-3-5-8-17/h3-5,7-10,22H,6,11-15H2,1-2H3. The molecule has 0 atom stereocenters. The summed E-state index contributed by atoms with van der Waals surface area (Å²) in [5.41, 5.74) is 2.50. The van der Waals surface area contributed by atoms with Gasteiger partial charge in [-0.1, -0.05) is 46.3 Å². The summed E-state index contributed by atoms with van der Waals surface area (Å²) in [6.07, 6.45) is 0.945. The molecule has 0 aromatic heterocycles. The molecule has 2 aromatic carbocycles. The Bertz CT molecular complexity index is 741. The number of ether oxygens (including phenoxy) is 1. The summed E-state index contributed by atoms with van der Waals surface area (Å²) in [5, 5.41) is 14.5. The maximum absolute atomic E-state index is 11.3. The summed E-state index contributed by atoms with van der Waals surface area (Å²) in [4.78, 5) is 13.2. The average Bonchev–Trinajstić information content (AvgIpc) is 2.65. The van der Waals surface area contributed by atoms with E-state index < -0.39 is 0 Å². The van der Waals surface area contributed by atoms with Gasteiger partial charge in [0, 0.05) is 36.3 Å². The zero-order valence-corrected chi connectivity index (χ0v) is 17.4. The van der Waals surface area contributed by atoms with E-state index in [0.29, 0.717) is 31.0 Å². The van der Waals surface area contributed by atoms with E-state index in [1.165, 1.54) is 5.56 Å². The first kappa shape index (κ1) is 21.3. The van der Waals surface area contributed by atoms with Crippen LogP contribution in [-0.2, 0) is 11.3 Å².